The van der Waals surface area contributed by atoms with Gasteiger partial charge in [0.15, 0.2) is 5.82 Å². The molecule has 2 aromatic rings. The first kappa shape index (κ1) is 13.7. The number of aliphatic hydroxyl groups is 1. The molecule has 108 valence electrons. The van der Waals surface area contributed by atoms with Crippen LogP contribution in [0.1, 0.15) is 5.82 Å². The number of aliphatic hydroxyl groups excluding tert-OH is 1. The minimum atomic E-state index is -0.124. The maximum absolute atomic E-state index is 9.16. The molecule has 2 aromatic heterocycles. The Morgan fingerprint density at radius 2 is 2.45 bits per heavy atom. The summed E-state index contributed by atoms with van der Waals surface area (Å²) in [5.74, 6) is 6.90. The maximum Gasteiger partial charge on any atom is 0.152 e. The molecule has 1 atom stereocenters. The van der Waals surface area contributed by atoms with Gasteiger partial charge in [0.1, 0.15) is 10.7 Å². The van der Waals surface area contributed by atoms with Crippen molar-refractivity contribution in [3.63, 3.8) is 0 Å². The third-order valence-corrected chi connectivity index (χ3v) is 4.11. The van der Waals surface area contributed by atoms with Gasteiger partial charge in [-0.2, -0.15) is 0 Å². The normalized spacial score (nSPS) is 20.4. The summed E-state index contributed by atoms with van der Waals surface area (Å²) >= 11 is 1.57. The lowest BCUT2D eigenvalue weighted by Crippen LogP contribution is -2.43. The fourth-order valence-corrected chi connectivity index (χ4v) is 3.10. The number of nitrogen functional groups attached to an aromatic ring is 1. The highest BCUT2D eigenvalue weighted by molar-refractivity contribution is 7.16. The van der Waals surface area contributed by atoms with Crippen molar-refractivity contribution in [3.05, 3.63) is 17.3 Å². The highest BCUT2D eigenvalue weighted by atomic mass is 32.1. The van der Waals surface area contributed by atoms with Crippen LogP contribution in [0.5, 0.6) is 0 Å². The van der Waals surface area contributed by atoms with Crippen LogP contribution in [0.2, 0.25) is 0 Å². The second-order valence-electron chi connectivity index (χ2n) is 4.68. The lowest BCUT2D eigenvalue weighted by Gasteiger charge is -2.31. The van der Waals surface area contributed by atoms with Crippen molar-refractivity contribution in [3.8, 4) is 0 Å². The third-order valence-electron chi connectivity index (χ3n) is 3.30. The number of hydrogen-bond acceptors (Lipinski definition) is 8. The van der Waals surface area contributed by atoms with Gasteiger partial charge < -0.3 is 15.3 Å². The van der Waals surface area contributed by atoms with Crippen LogP contribution in [0.25, 0.3) is 10.2 Å². The average molecular weight is 295 g/mol. The molecule has 1 unspecified atom stereocenters. The molecule has 1 fully saturated rings. The summed E-state index contributed by atoms with van der Waals surface area (Å²) in [7, 11) is 0. The number of anilines is 1. The summed E-state index contributed by atoms with van der Waals surface area (Å²) in [6.45, 7) is 2.79. The zero-order chi connectivity index (χ0) is 13.9. The topological polar surface area (TPSA) is 96.5 Å². The number of fused-ring (bicyclic) bond motifs is 1. The van der Waals surface area contributed by atoms with Crippen LogP contribution in [0.3, 0.4) is 0 Å². The van der Waals surface area contributed by atoms with Gasteiger partial charge in [-0.3, -0.25) is 4.90 Å². The van der Waals surface area contributed by atoms with Crippen molar-refractivity contribution in [1.29, 1.82) is 0 Å². The maximum atomic E-state index is 9.16. The fourth-order valence-electron chi connectivity index (χ4n) is 2.31. The Balaban J connectivity index is 1.79. The zero-order valence-electron chi connectivity index (χ0n) is 11.0. The average Bonchev–Trinajstić information content (AvgIpc) is 2.95. The molecular formula is C12H17N5O2S. The lowest BCUT2D eigenvalue weighted by molar-refractivity contribution is -0.0556. The molecule has 0 amide bonds. The Kier molecular flexibility index (Phi) is 4.08. The molecule has 1 saturated heterocycles. The number of aromatic nitrogens is 2. The van der Waals surface area contributed by atoms with E-state index in [4.69, 9.17) is 15.7 Å². The van der Waals surface area contributed by atoms with E-state index in [1.165, 1.54) is 0 Å². The quantitative estimate of drug-likeness (QED) is 0.546. The molecule has 0 aromatic carbocycles. The van der Waals surface area contributed by atoms with Gasteiger partial charge in [0.2, 0.25) is 0 Å². The number of thiophene rings is 1. The third kappa shape index (κ3) is 2.74. The van der Waals surface area contributed by atoms with E-state index in [-0.39, 0.29) is 12.7 Å². The summed E-state index contributed by atoms with van der Waals surface area (Å²) in [5.41, 5.74) is 2.63. The Hall–Kier alpha value is -1.32. The van der Waals surface area contributed by atoms with E-state index in [2.05, 4.69) is 20.3 Å². The van der Waals surface area contributed by atoms with Gasteiger partial charge in [-0.25, -0.2) is 15.8 Å². The molecule has 3 rings (SSSR count). The fraction of sp³-hybridized carbons (Fsp3) is 0.500. The molecule has 0 bridgehead atoms. The van der Waals surface area contributed by atoms with Crippen molar-refractivity contribution in [2.45, 2.75) is 12.6 Å². The number of nitrogens with two attached hydrogens (primary N) is 1. The molecule has 0 spiro atoms. The summed E-state index contributed by atoms with van der Waals surface area (Å²) in [6.07, 6.45) is -0.124. The minimum absolute atomic E-state index is 0.0386. The molecule has 0 saturated carbocycles. The van der Waals surface area contributed by atoms with Gasteiger partial charge in [-0.1, -0.05) is 0 Å². The second-order valence-corrected chi connectivity index (χ2v) is 5.58. The Labute approximate surface area is 120 Å². The Morgan fingerprint density at radius 3 is 3.25 bits per heavy atom. The monoisotopic (exact) mass is 295 g/mol. The highest BCUT2D eigenvalue weighted by Gasteiger charge is 2.21. The standard InChI is InChI=1S/C12H17N5O2S/c13-16-11-9-1-4-20-12(9)15-10(14-11)6-17-2-3-19-8(5-17)7-18/h1,4,8,18H,2-3,5-7,13H2,(H,14,15,16). The van der Waals surface area contributed by atoms with Crippen LogP contribution in [-0.2, 0) is 11.3 Å². The first-order valence-electron chi connectivity index (χ1n) is 6.45. The van der Waals surface area contributed by atoms with Gasteiger partial charge in [0.25, 0.3) is 0 Å². The summed E-state index contributed by atoms with van der Waals surface area (Å²) in [6, 6.07) is 1.95. The molecule has 1 aliphatic heterocycles. The first-order valence-corrected chi connectivity index (χ1v) is 7.33. The summed E-state index contributed by atoms with van der Waals surface area (Å²) in [5, 5.41) is 12.1. The van der Waals surface area contributed by atoms with E-state index < -0.39 is 0 Å². The molecule has 3 heterocycles. The number of ether oxygens (including phenoxy) is 1. The molecule has 7 nitrogen and oxygen atoms in total. The van der Waals surface area contributed by atoms with Gasteiger partial charge >= 0.3 is 0 Å². The van der Waals surface area contributed by atoms with Crippen LogP contribution in [0.4, 0.5) is 5.82 Å². The Bertz CT molecular complexity index is 590. The predicted octanol–water partition coefficient (Wildman–Crippen LogP) is 0.170. The number of nitrogens with zero attached hydrogens (tertiary/aromatic N) is 3. The van der Waals surface area contributed by atoms with Gasteiger partial charge in [0.05, 0.1) is 31.2 Å². The van der Waals surface area contributed by atoms with Crippen molar-refractivity contribution >= 4 is 27.4 Å². The smallest absolute Gasteiger partial charge is 0.152 e. The summed E-state index contributed by atoms with van der Waals surface area (Å²) < 4.78 is 5.44. The van der Waals surface area contributed by atoms with Crippen LogP contribution >= 0.6 is 11.3 Å². The van der Waals surface area contributed by atoms with Crippen LogP contribution in [0, 0.1) is 0 Å². The summed E-state index contributed by atoms with van der Waals surface area (Å²) in [4.78, 5) is 12.1. The highest BCUT2D eigenvalue weighted by Crippen LogP contribution is 2.24. The second kappa shape index (κ2) is 5.98. The van der Waals surface area contributed by atoms with Gasteiger partial charge in [-0.15, -0.1) is 11.3 Å². The van der Waals surface area contributed by atoms with Crippen molar-refractivity contribution in [2.24, 2.45) is 5.84 Å². The van der Waals surface area contributed by atoms with Crippen LogP contribution < -0.4 is 11.3 Å². The van der Waals surface area contributed by atoms with E-state index in [9.17, 15) is 0 Å². The zero-order valence-corrected chi connectivity index (χ0v) is 11.8. The molecule has 1 aliphatic rings. The van der Waals surface area contributed by atoms with E-state index >= 15 is 0 Å². The number of hydrogen-bond donors (Lipinski definition) is 3. The number of morpholine rings is 1. The Morgan fingerprint density at radius 1 is 1.55 bits per heavy atom. The molecule has 0 aliphatic carbocycles. The molecular weight excluding hydrogens is 278 g/mol. The number of rotatable bonds is 4. The first-order chi connectivity index (χ1) is 9.80. The van der Waals surface area contributed by atoms with Gasteiger partial charge in [-0.05, 0) is 11.4 Å². The molecule has 4 N–H and O–H groups in total. The van der Waals surface area contributed by atoms with Crippen molar-refractivity contribution in [1.82, 2.24) is 14.9 Å². The van der Waals surface area contributed by atoms with Crippen molar-refractivity contribution in [2.75, 3.05) is 31.7 Å². The van der Waals surface area contributed by atoms with Gasteiger partial charge in [0, 0.05) is 13.1 Å². The largest absolute Gasteiger partial charge is 0.394 e. The minimum Gasteiger partial charge on any atom is -0.394 e. The van der Waals surface area contributed by atoms with E-state index in [1.807, 2.05) is 11.4 Å². The predicted molar refractivity (Wildman–Crippen MR) is 77.3 cm³/mol. The van der Waals surface area contributed by atoms with Crippen molar-refractivity contribution < 1.29 is 9.84 Å². The van der Waals surface area contributed by atoms with E-state index in [0.29, 0.717) is 25.5 Å². The van der Waals surface area contributed by atoms with Crippen LogP contribution in [-0.4, -0.2) is 52.4 Å². The van der Waals surface area contributed by atoms with Crippen LogP contribution in [0.15, 0.2) is 11.4 Å². The molecule has 8 heteroatoms. The number of nitrogens with one attached hydrogen (secondary N) is 1. The van der Waals surface area contributed by atoms with E-state index in [0.717, 1.165) is 22.6 Å². The van der Waals surface area contributed by atoms with E-state index in [1.54, 1.807) is 11.3 Å². The lowest BCUT2D eigenvalue weighted by atomic mass is 10.3. The molecule has 20 heavy (non-hydrogen) atoms. The SMILES string of the molecule is NNc1nc(CN2CCOC(CO)C2)nc2sccc12. The molecule has 0 radical (unpaired) electrons. The number of hydrazine groups is 1.